The molecule has 0 fully saturated rings. The number of hydrogen-bond acceptors (Lipinski definition) is 7. The number of hydrogen-bond donors (Lipinski definition) is 3. The molecule has 1 heterocycles. The quantitative estimate of drug-likeness (QED) is 0.181. The molecule has 132 valence electrons. The number of carbonyl (C=O) groups is 4. The van der Waals surface area contributed by atoms with E-state index in [-0.39, 0.29) is 44.5 Å². The molecular formula is C14H21N4O4PS. The first-order chi connectivity index (χ1) is 11.5. The van der Waals surface area contributed by atoms with Crippen molar-refractivity contribution in [3.8, 4) is 0 Å². The van der Waals surface area contributed by atoms with Gasteiger partial charge in [-0.05, 0) is 31.1 Å². The predicted octanol–water partition coefficient (Wildman–Crippen LogP) is -0.603. The molecule has 0 spiro atoms. The number of rotatable bonds is 12. The van der Waals surface area contributed by atoms with Crippen LogP contribution in [0, 0.1) is 0 Å². The number of carbonyl (C=O) groups excluding carboxylic acids is 4. The number of nitrogens with two attached hydrogens (primary N) is 1. The Balaban J connectivity index is 2.15. The van der Waals surface area contributed by atoms with Crippen molar-refractivity contribution in [1.82, 2.24) is 15.5 Å². The molecule has 0 saturated carbocycles. The minimum atomic E-state index is -0.392. The topological polar surface area (TPSA) is 122 Å². The molecule has 1 atom stereocenters. The molecule has 1 rings (SSSR count). The third-order valence-electron chi connectivity index (χ3n) is 3.46. The van der Waals surface area contributed by atoms with Gasteiger partial charge in [0.2, 0.25) is 11.4 Å². The lowest BCUT2D eigenvalue weighted by atomic mass is 10.1. The van der Waals surface area contributed by atoms with Gasteiger partial charge < -0.3 is 11.1 Å². The summed E-state index contributed by atoms with van der Waals surface area (Å²) in [5.74, 6) is -1.01. The molecule has 1 aliphatic rings. The van der Waals surface area contributed by atoms with Gasteiger partial charge in [0, 0.05) is 38.3 Å². The largest absolute Gasteiger partial charge is 0.356 e. The van der Waals surface area contributed by atoms with Gasteiger partial charge in [0.1, 0.15) is 0 Å². The maximum atomic E-state index is 11.7. The molecule has 3 amide bonds. The molecule has 8 nitrogen and oxygen atoms in total. The van der Waals surface area contributed by atoms with E-state index in [2.05, 4.69) is 10.6 Å². The van der Waals surface area contributed by atoms with E-state index in [4.69, 9.17) is 17.5 Å². The third kappa shape index (κ3) is 6.92. The molecule has 0 saturated heterocycles. The van der Waals surface area contributed by atoms with Crippen LogP contribution < -0.4 is 16.4 Å². The van der Waals surface area contributed by atoms with Crippen LogP contribution in [0.5, 0.6) is 0 Å². The smallest absolute Gasteiger partial charge is 0.253 e. The minimum absolute atomic E-state index is 0.0732. The van der Waals surface area contributed by atoms with Crippen molar-refractivity contribution in [2.75, 3.05) is 19.8 Å². The lowest BCUT2D eigenvalue weighted by molar-refractivity contribution is -0.137. The highest BCUT2D eigenvalue weighted by molar-refractivity contribution is 8.03. The average molecular weight is 372 g/mol. The Bertz CT molecular complexity index is 523. The lowest BCUT2D eigenvalue weighted by Gasteiger charge is -2.14. The normalized spacial score (nSPS) is 15.1. The highest BCUT2D eigenvalue weighted by Gasteiger charge is 2.23. The fourth-order valence-corrected chi connectivity index (χ4v) is 2.90. The van der Waals surface area contributed by atoms with E-state index >= 15 is 0 Å². The van der Waals surface area contributed by atoms with Crippen molar-refractivity contribution in [1.29, 1.82) is 0 Å². The second kappa shape index (κ2) is 11.1. The third-order valence-corrected chi connectivity index (χ3v) is 4.49. The zero-order chi connectivity index (χ0) is 17.9. The number of nitrogens with one attached hydrogen (secondary N) is 2. The number of amides is 3. The van der Waals surface area contributed by atoms with Gasteiger partial charge in [-0.2, -0.15) is 0 Å². The van der Waals surface area contributed by atoms with Crippen molar-refractivity contribution in [2.45, 2.75) is 31.7 Å². The Morgan fingerprint density at radius 2 is 1.92 bits per heavy atom. The Labute approximate surface area is 147 Å². The van der Waals surface area contributed by atoms with Gasteiger partial charge in [0.05, 0.1) is 13.4 Å². The molecule has 0 bridgehead atoms. The van der Waals surface area contributed by atoms with Crippen LogP contribution >= 0.6 is 7.36 Å². The molecular weight excluding hydrogens is 351 g/mol. The maximum absolute atomic E-state index is 11.7. The van der Waals surface area contributed by atoms with Crippen LogP contribution in [0.1, 0.15) is 25.7 Å². The summed E-state index contributed by atoms with van der Waals surface area (Å²) in [6, 6.07) is -0.343. The first-order valence-corrected chi connectivity index (χ1v) is 9.51. The van der Waals surface area contributed by atoms with E-state index in [1.165, 1.54) is 12.2 Å². The van der Waals surface area contributed by atoms with Gasteiger partial charge in [-0.15, -0.1) is 0 Å². The monoisotopic (exact) mass is 372 g/mol. The number of imide groups is 1. The summed E-state index contributed by atoms with van der Waals surface area (Å²) in [6.45, 7) is 0.750. The Morgan fingerprint density at radius 1 is 1.25 bits per heavy atom. The molecule has 0 radical (unpaired) electrons. The Morgan fingerprint density at radius 3 is 2.50 bits per heavy atom. The summed E-state index contributed by atoms with van der Waals surface area (Å²) in [7, 11) is 0.286. The molecule has 0 aromatic rings. The van der Waals surface area contributed by atoms with Crippen LogP contribution in [-0.4, -0.2) is 53.9 Å². The summed E-state index contributed by atoms with van der Waals surface area (Å²) in [4.78, 5) is 46.9. The summed E-state index contributed by atoms with van der Waals surface area (Å²) in [6.07, 6.45) is 4.51. The summed E-state index contributed by atoms with van der Waals surface area (Å²) < 4.78 is 0. The van der Waals surface area contributed by atoms with E-state index in [0.29, 0.717) is 19.4 Å². The van der Waals surface area contributed by atoms with Crippen molar-refractivity contribution < 1.29 is 19.2 Å². The van der Waals surface area contributed by atoms with Crippen LogP contribution in [0.4, 0.5) is 0 Å². The average Bonchev–Trinajstić information content (AvgIpc) is 2.89. The number of unbranched alkanes of at least 4 members (excludes halogenated alkanes) is 1. The second-order valence-electron chi connectivity index (χ2n) is 5.15. The van der Waals surface area contributed by atoms with Crippen LogP contribution in [-0.2, 0) is 31.0 Å². The first kappa shape index (κ1) is 20.5. The molecule has 0 aromatic carbocycles. The predicted molar refractivity (Wildman–Crippen MR) is 92.6 cm³/mol. The van der Waals surface area contributed by atoms with Crippen molar-refractivity contribution in [3.05, 3.63) is 12.2 Å². The van der Waals surface area contributed by atoms with Crippen LogP contribution in [0.3, 0.4) is 0 Å². The van der Waals surface area contributed by atoms with E-state index < -0.39 is 11.8 Å². The minimum Gasteiger partial charge on any atom is -0.356 e. The molecule has 1 aliphatic heterocycles. The van der Waals surface area contributed by atoms with Gasteiger partial charge in [-0.1, -0.05) is 0 Å². The zero-order valence-corrected chi connectivity index (χ0v) is 14.9. The van der Waals surface area contributed by atoms with Crippen molar-refractivity contribution in [2.24, 2.45) is 5.73 Å². The van der Waals surface area contributed by atoms with E-state index in [1.54, 1.807) is 0 Å². The van der Waals surface area contributed by atoms with Crippen LogP contribution in [0.25, 0.3) is 0 Å². The molecule has 10 heteroatoms. The first-order valence-electron chi connectivity index (χ1n) is 7.60. The van der Waals surface area contributed by atoms with Gasteiger partial charge in [-0.25, -0.2) is 0 Å². The summed E-state index contributed by atoms with van der Waals surface area (Å²) in [5.41, 5.74) is 5.31. The van der Waals surface area contributed by atoms with Gasteiger partial charge >= 0.3 is 0 Å². The molecule has 0 unspecified atom stereocenters. The Kier molecular flexibility index (Phi) is 9.48. The molecule has 0 aromatic heterocycles. The van der Waals surface area contributed by atoms with Gasteiger partial charge in [0.25, 0.3) is 11.8 Å². The van der Waals surface area contributed by atoms with E-state index in [0.717, 1.165) is 11.3 Å². The number of nitrogens with zero attached hydrogens (tertiary/aromatic N) is 1. The molecule has 4 N–H and O–H groups in total. The highest BCUT2D eigenvalue weighted by atomic mass is 32.4. The summed E-state index contributed by atoms with van der Waals surface area (Å²) in [5, 5.41) is 5.61. The maximum Gasteiger partial charge on any atom is 0.253 e. The fraction of sp³-hybridized carbons (Fsp3) is 0.571. The van der Waals surface area contributed by atoms with Gasteiger partial charge in [-0.3, -0.25) is 29.4 Å². The van der Waals surface area contributed by atoms with Crippen molar-refractivity contribution in [3.63, 3.8) is 0 Å². The fourth-order valence-electron chi connectivity index (χ4n) is 2.17. The van der Waals surface area contributed by atoms with Crippen LogP contribution in [0.2, 0.25) is 0 Å². The van der Waals surface area contributed by atoms with E-state index in [9.17, 15) is 19.2 Å². The standard InChI is InChI=1S/C14H21N4O4PS/c15-9-17-10(14(22)23-24)3-1-2-7-16-11(19)6-8-18-12(20)4-5-13(18)21/h4-5,10,17H,1-3,6-9,15H2,(H,16,19)/t10-/m0/s1. The highest BCUT2D eigenvalue weighted by Crippen LogP contribution is 2.08. The molecule has 0 aliphatic carbocycles. The van der Waals surface area contributed by atoms with Crippen LogP contribution in [0.15, 0.2) is 12.2 Å². The Hall–Kier alpha value is -1.54. The van der Waals surface area contributed by atoms with Crippen molar-refractivity contribution >= 4 is 42.4 Å². The van der Waals surface area contributed by atoms with Gasteiger partial charge in [0.15, 0.2) is 0 Å². The second-order valence-corrected chi connectivity index (χ2v) is 6.32. The zero-order valence-electron chi connectivity index (χ0n) is 13.2. The SMILES string of the molecule is NCN[C@@H](CCCCNC(=O)CCN1C(=O)C=CC1=O)C(=O)P=S. The lowest BCUT2D eigenvalue weighted by Crippen LogP contribution is -2.38. The van der Waals surface area contributed by atoms with E-state index in [1.807, 2.05) is 0 Å². The molecule has 24 heavy (non-hydrogen) atoms. The summed E-state index contributed by atoms with van der Waals surface area (Å²) >= 11 is 4.72.